The molecule has 0 aliphatic carbocycles. The van der Waals surface area contributed by atoms with Crippen LogP contribution in [0.3, 0.4) is 0 Å². The summed E-state index contributed by atoms with van der Waals surface area (Å²) in [4.78, 5) is 2.26. The zero-order valence-electron chi connectivity index (χ0n) is 19.3. The summed E-state index contributed by atoms with van der Waals surface area (Å²) in [6.45, 7) is 6.39. The number of ether oxygens (including phenoxy) is 2. The molecule has 2 aromatic rings. The normalized spacial score (nSPS) is 16.1. The van der Waals surface area contributed by atoms with E-state index >= 15 is 0 Å². The van der Waals surface area contributed by atoms with Crippen LogP contribution in [0.15, 0.2) is 59.8 Å². The molecule has 6 heteroatoms. The fourth-order valence-corrected chi connectivity index (χ4v) is 4.17. The van der Waals surface area contributed by atoms with Crippen molar-refractivity contribution in [2.24, 2.45) is 0 Å². The molecular weight excluding hydrogens is 424 g/mol. The maximum atomic E-state index is 11.0. The highest BCUT2D eigenvalue weighted by atomic mass is 35.5. The Morgan fingerprint density at radius 3 is 2.69 bits per heavy atom. The number of hydrogen-bond acceptors (Lipinski definition) is 5. The number of β-amino-alcohol motifs (C(OH)–C–C–N with tert-alkyl or cyclic N) is 1. The largest absolute Gasteiger partial charge is 0.497 e. The summed E-state index contributed by atoms with van der Waals surface area (Å²) in [5.74, 6) is 1.36. The van der Waals surface area contributed by atoms with Gasteiger partial charge >= 0.3 is 0 Å². The highest BCUT2D eigenvalue weighted by Gasteiger charge is 2.23. The first kappa shape index (κ1) is 24.2. The van der Waals surface area contributed by atoms with Crippen LogP contribution in [0, 0.1) is 0 Å². The van der Waals surface area contributed by atoms with E-state index in [1.54, 1.807) is 14.2 Å². The van der Waals surface area contributed by atoms with E-state index in [-0.39, 0.29) is 0 Å². The van der Waals surface area contributed by atoms with Crippen LogP contribution in [0.1, 0.15) is 43.9 Å². The van der Waals surface area contributed by atoms with E-state index in [2.05, 4.69) is 30.1 Å². The Morgan fingerprint density at radius 2 is 2.00 bits per heavy atom. The Hall–Kier alpha value is -2.47. The number of rotatable bonds is 9. The Morgan fingerprint density at radius 1 is 1.22 bits per heavy atom. The zero-order chi connectivity index (χ0) is 23.1. The van der Waals surface area contributed by atoms with Crippen molar-refractivity contribution >= 4 is 17.3 Å². The van der Waals surface area contributed by atoms with Crippen molar-refractivity contribution in [3.8, 4) is 11.5 Å². The van der Waals surface area contributed by atoms with Gasteiger partial charge in [-0.25, -0.2) is 0 Å². The SMILES string of the molecule is CC/C=C(/NC1=C(C)CCN(CC(O)c2cc(OC)ccc2OC)C1)c1ccccc1Cl. The lowest BCUT2D eigenvalue weighted by molar-refractivity contribution is 0.112. The lowest BCUT2D eigenvalue weighted by atomic mass is 10.0. The first-order valence-corrected chi connectivity index (χ1v) is 11.4. The van der Waals surface area contributed by atoms with E-state index in [1.165, 1.54) is 5.57 Å². The number of halogens is 1. The minimum absolute atomic E-state index is 0.501. The summed E-state index contributed by atoms with van der Waals surface area (Å²) in [5, 5.41) is 15.4. The Balaban J connectivity index is 1.75. The van der Waals surface area contributed by atoms with Gasteiger partial charge in [0.2, 0.25) is 0 Å². The quantitative estimate of drug-likeness (QED) is 0.528. The summed E-state index contributed by atoms with van der Waals surface area (Å²) in [7, 11) is 3.23. The molecule has 1 unspecified atom stereocenters. The van der Waals surface area contributed by atoms with Gasteiger partial charge in [-0.1, -0.05) is 48.4 Å². The van der Waals surface area contributed by atoms with E-state index < -0.39 is 6.10 Å². The molecule has 3 rings (SSSR count). The second-order valence-corrected chi connectivity index (χ2v) is 8.41. The molecule has 0 aromatic heterocycles. The van der Waals surface area contributed by atoms with E-state index in [0.717, 1.165) is 53.5 Å². The number of nitrogens with one attached hydrogen (secondary N) is 1. The standard InChI is InChI=1S/C26H33ClN2O3/c1-5-8-23(20-9-6-7-10-22(20)27)28-24-16-29(14-13-18(24)2)17-25(30)21-15-19(31-3)11-12-26(21)32-4/h6-12,15,25,28,30H,5,13-14,16-17H2,1-4H3/b23-8+. The average Bonchev–Trinajstić information content (AvgIpc) is 2.80. The molecule has 32 heavy (non-hydrogen) atoms. The predicted molar refractivity (Wildman–Crippen MR) is 131 cm³/mol. The highest BCUT2D eigenvalue weighted by Crippen LogP contribution is 2.31. The minimum atomic E-state index is -0.686. The van der Waals surface area contributed by atoms with Gasteiger partial charge in [-0.3, -0.25) is 4.90 Å². The van der Waals surface area contributed by atoms with Crippen LogP contribution in [-0.4, -0.2) is 43.9 Å². The van der Waals surface area contributed by atoms with Crippen molar-refractivity contribution in [1.29, 1.82) is 0 Å². The molecule has 1 aliphatic rings. The maximum absolute atomic E-state index is 11.0. The van der Waals surface area contributed by atoms with Crippen molar-refractivity contribution < 1.29 is 14.6 Å². The van der Waals surface area contributed by atoms with Crippen LogP contribution in [0.5, 0.6) is 11.5 Å². The predicted octanol–water partition coefficient (Wildman–Crippen LogP) is 5.41. The van der Waals surface area contributed by atoms with Crippen LogP contribution in [-0.2, 0) is 0 Å². The van der Waals surface area contributed by atoms with Crippen molar-refractivity contribution in [3.63, 3.8) is 0 Å². The molecule has 0 fully saturated rings. The van der Waals surface area contributed by atoms with Gasteiger partial charge < -0.3 is 19.9 Å². The second-order valence-electron chi connectivity index (χ2n) is 8.00. The molecule has 0 saturated heterocycles. The summed E-state index contributed by atoms with van der Waals surface area (Å²) in [5.41, 5.74) is 5.22. The minimum Gasteiger partial charge on any atom is -0.497 e. The lowest BCUT2D eigenvalue weighted by Crippen LogP contribution is -2.38. The second kappa shape index (κ2) is 11.4. The van der Waals surface area contributed by atoms with Gasteiger partial charge in [0.05, 0.1) is 20.3 Å². The molecule has 1 heterocycles. The van der Waals surface area contributed by atoms with Crippen LogP contribution >= 0.6 is 11.6 Å². The summed E-state index contributed by atoms with van der Waals surface area (Å²) in [6, 6.07) is 13.4. The molecule has 0 spiro atoms. The number of aliphatic hydroxyl groups is 1. The highest BCUT2D eigenvalue weighted by molar-refractivity contribution is 6.32. The number of nitrogens with zero attached hydrogens (tertiary/aromatic N) is 1. The van der Waals surface area contributed by atoms with Crippen molar-refractivity contribution in [3.05, 3.63) is 76.0 Å². The van der Waals surface area contributed by atoms with E-state index in [4.69, 9.17) is 21.1 Å². The maximum Gasteiger partial charge on any atom is 0.124 e. The van der Waals surface area contributed by atoms with Crippen molar-refractivity contribution in [1.82, 2.24) is 10.2 Å². The number of hydrogen-bond donors (Lipinski definition) is 2. The zero-order valence-corrected chi connectivity index (χ0v) is 20.1. The Kier molecular flexibility index (Phi) is 8.62. The average molecular weight is 457 g/mol. The topological polar surface area (TPSA) is 54.0 Å². The van der Waals surface area contributed by atoms with Gasteiger partial charge in [0.1, 0.15) is 11.5 Å². The number of aliphatic hydroxyl groups excluding tert-OH is 1. The molecule has 172 valence electrons. The fraction of sp³-hybridized carbons (Fsp3) is 0.385. The van der Waals surface area contributed by atoms with Crippen molar-refractivity contribution in [2.45, 2.75) is 32.8 Å². The van der Waals surface area contributed by atoms with Gasteiger partial charge in [0, 0.05) is 47.2 Å². The van der Waals surface area contributed by atoms with Crippen LogP contribution in [0.4, 0.5) is 0 Å². The monoisotopic (exact) mass is 456 g/mol. The van der Waals surface area contributed by atoms with E-state index in [1.807, 2.05) is 42.5 Å². The number of allylic oxidation sites excluding steroid dienone is 1. The molecule has 5 nitrogen and oxygen atoms in total. The molecule has 2 N–H and O–H groups in total. The molecule has 0 radical (unpaired) electrons. The summed E-state index contributed by atoms with van der Waals surface area (Å²) >= 11 is 6.46. The third-order valence-corrected chi connectivity index (χ3v) is 6.11. The molecule has 1 aliphatic heterocycles. The molecule has 1 atom stereocenters. The van der Waals surface area contributed by atoms with Gasteiger partial charge in [0.25, 0.3) is 0 Å². The summed E-state index contributed by atoms with van der Waals surface area (Å²) < 4.78 is 10.8. The van der Waals surface area contributed by atoms with Crippen LogP contribution < -0.4 is 14.8 Å². The van der Waals surface area contributed by atoms with E-state index in [9.17, 15) is 5.11 Å². The lowest BCUT2D eigenvalue weighted by Gasteiger charge is -2.32. The van der Waals surface area contributed by atoms with Gasteiger partial charge in [-0.15, -0.1) is 0 Å². The van der Waals surface area contributed by atoms with Crippen LogP contribution in [0.2, 0.25) is 5.02 Å². The molecule has 2 aromatic carbocycles. The van der Waals surface area contributed by atoms with Gasteiger partial charge in [-0.05, 0) is 44.0 Å². The molecule has 0 saturated carbocycles. The Bertz CT molecular complexity index is 987. The van der Waals surface area contributed by atoms with Crippen molar-refractivity contribution in [2.75, 3.05) is 33.9 Å². The van der Waals surface area contributed by atoms with Crippen LogP contribution in [0.25, 0.3) is 5.70 Å². The number of benzene rings is 2. The van der Waals surface area contributed by atoms with Gasteiger partial charge in [-0.2, -0.15) is 0 Å². The van der Waals surface area contributed by atoms with Gasteiger partial charge in [0.15, 0.2) is 0 Å². The first-order chi connectivity index (χ1) is 15.5. The Labute approximate surface area is 196 Å². The first-order valence-electron chi connectivity index (χ1n) is 11.0. The fourth-order valence-electron chi connectivity index (χ4n) is 3.93. The third kappa shape index (κ3) is 5.85. The number of methoxy groups -OCH3 is 2. The molecule has 0 amide bonds. The third-order valence-electron chi connectivity index (χ3n) is 5.78. The summed E-state index contributed by atoms with van der Waals surface area (Å²) in [6.07, 6.45) is 3.31. The smallest absolute Gasteiger partial charge is 0.124 e. The molecular formula is C26H33ClN2O3. The van der Waals surface area contributed by atoms with E-state index in [0.29, 0.717) is 18.0 Å². The molecule has 0 bridgehead atoms.